The fourth-order valence-corrected chi connectivity index (χ4v) is 2.95. The lowest BCUT2D eigenvalue weighted by Crippen LogP contribution is -2.34. The van der Waals surface area contributed by atoms with Crippen LogP contribution in [0.5, 0.6) is 0 Å². The molecule has 25 heavy (non-hydrogen) atoms. The average molecular weight is 361 g/mol. The number of carbonyl (C=O) groups excluding carboxylic acids is 1. The van der Waals surface area contributed by atoms with Gasteiger partial charge in [-0.05, 0) is 30.7 Å². The Balaban J connectivity index is 1.59. The monoisotopic (exact) mass is 360 g/mol. The summed E-state index contributed by atoms with van der Waals surface area (Å²) in [5, 5.41) is 17.0. The first kappa shape index (κ1) is 17.0. The fraction of sp³-hybridized carbons (Fsp3) is 0.235. The first-order valence-electron chi connectivity index (χ1n) is 7.84. The lowest BCUT2D eigenvalue weighted by Gasteiger charge is -2.18. The molecule has 0 aromatic heterocycles. The number of para-hydroxylation sites is 1. The Bertz CT molecular complexity index is 785. The van der Waals surface area contributed by atoms with Crippen molar-refractivity contribution in [3.63, 3.8) is 0 Å². The molecule has 1 fully saturated rings. The predicted molar refractivity (Wildman–Crippen MR) is 97.2 cm³/mol. The number of hydrogen-bond acceptors (Lipinski definition) is 4. The maximum atomic E-state index is 12.4. The summed E-state index contributed by atoms with van der Waals surface area (Å²) in [5.74, 6) is 0. The van der Waals surface area contributed by atoms with E-state index in [0.717, 1.165) is 12.1 Å². The smallest absolute Gasteiger partial charge is 0.321 e. The van der Waals surface area contributed by atoms with E-state index in [1.54, 1.807) is 11.0 Å². The molecular weight excluding hydrogens is 344 g/mol. The molecule has 1 saturated heterocycles. The number of nitro groups is 1. The summed E-state index contributed by atoms with van der Waals surface area (Å²) >= 11 is 5.78. The van der Waals surface area contributed by atoms with Crippen LogP contribution in [0.2, 0.25) is 5.02 Å². The molecule has 1 unspecified atom stereocenters. The molecule has 2 amide bonds. The van der Waals surface area contributed by atoms with Crippen molar-refractivity contribution in [2.45, 2.75) is 12.5 Å². The Morgan fingerprint density at radius 3 is 2.68 bits per heavy atom. The Morgan fingerprint density at radius 1 is 1.20 bits per heavy atom. The molecule has 0 saturated carbocycles. The van der Waals surface area contributed by atoms with E-state index in [9.17, 15) is 14.9 Å². The summed E-state index contributed by atoms with van der Waals surface area (Å²) in [6.45, 7) is 1.18. The molecule has 0 radical (unpaired) electrons. The van der Waals surface area contributed by atoms with Crippen molar-refractivity contribution in [1.82, 2.24) is 4.90 Å². The minimum Gasteiger partial charge on any atom is -0.380 e. The van der Waals surface area contributed by atoms with Gasteiger partial charge in [0.05, 0.1) is 4.92 Å². The first-order valence-corrected chi connectivity index (χ1v) is 8.22. The van der Waals surface area contributed by atoms with E-state index in [1.807, 2.05) is 30.3 Å². The van der Waals surface area contributed by atoms with Gasteiger partial charge in [0.25, 0.3) is 5.69 Å². The van der Waals surface area contributed by atoms with Crippen molar-refractivity contribution in [2.75, 3.05) is 23.7 Å². The second kappa shape index (κ2) is 7.40. The molecule has 2 aromatic rings. The van der Waals surface area contributed by atoms with Crippen molar-refractivity contribution in [1.29, 1.82) is 0 Å². The number of nitrogens with one attached hydrogen (secondary N) is 2. The number of urea groups is 1. The van der Waals surface area contributed by atoms with E-state index in [2.05, 4.69) is 10.6 Å². The minimum atomic E-state index is -0.576. The van der Waals surface area contributed by atoms with Crippen molar-refractivity contribution in [3.8, 4) is 0 Å². The number of nitro benzene ring substituents is 1. The van der Waals surface area contributed by atoms with Crippen molar-refractivity contribution >= 4 is 34.7 Å². The van der Waals surface area contributed by atoms with Gasteiger partial charge in [-0.2, -0.15) is 0 Å². The van der Waals surface area contributed by atoms with Crippen LogP contribution < -0.4 is 10.6 Å². The quantitative estimate of drug-likeness (QED) is 0.638. The Hall–Kier alpha value is -2.80. The SMILES string of the molecule is O=C(Nc1ccc(Cl)c([N+](=O)[O-])c1)N1CCC(Nc2ccccc2)C1. The predicted octanol–water partition coefficient (Wildman–Crippen LogP) is 3.97. The Labute approximate surface area is 149 Å². The van der Waals surface area contributed by atoms with Gasteiger partial charge >= 0.3 is 6.03 Å². The summed E-state index contributed by atoms with van der Waals surface area (Å²) in [4.78, 5) is 24.4. The second-order valence-corrected chi connectivity index (χ2v) is 6.20. The van der Waals surface area contributed by atoms with Crippen molar-refractivity contribution in [2.24, 2.45) is 0 Å². The van der Waals surface area contributed by atoms with E-state index < -0.39 is 4.92 Å². The van der Waals surface area contributed by atoms with Gasteiger partial charge in [-0.1, -0.05) is 29.8 Å². The highest BCUT2D eigenvalue weighted by molar-refractivity contribution is 6.32. The van der Waals surface area contributed by atoms with Gasteiger partial charge in [0, 0.05) is 36.6 Å². The molecule has 0 aliphatic carbocycles. The second-order valence-electron chi connectivity index (χ2n) is 5.80. The maximum absolute atomic E-state index is 12.4. The molecule has 2 aromatic carbocycles. The van der Waals surface area contributed by atoms with Crippen LogP contribution in [0, 0.1) is 10.1 Å². The average Bonchev–Trinajstić information content (AvgIpc) is 3.06. The highest BCUT2D eigenvalue weighted by Gasteiger charge is 2.26. The van der Waals surface area contributed by atoms with Gasteiger partial charge < -0.3 is 15.5 Å². The Morgan fingerprint density at radius 2 is 1.96 bits per heavy atom. The van der Waals surface area contributed by atoms with Crippen molar-refractivity contribution < 1.29 is 9.72 Å². The van der Waals surface area contributed by atoms with E-state index in [0.29, 0.717) is 18.8 Å². The van der Waals surface area contributed by atoms with E-state index in [4.69, 9.17) is 11.6 Å². The summed E-state index contributed by atoms with van der Waals surface area (Å²) in [6, 6.07) is 13.9. The van der Waals surface area contributed by atoms with Crippen LogP contribution in [0.3, 0.4) is 0 Å². The fourth-order valence-electron chi connectivity index (χ4n) is 2.77. The van der Waals surface area contributed by atoms with Crippen LogP contribution in [-0.2, 0) is 0 Å². The van der Waals surface area contributed by atoms with Crippen LogP contribution in [0.25, 0.3) is 0 Å². The zero-order chi connectivity index (χ0) is 17.8. The molecule has 2 N–H and O–H groups in total. The highest BCUT2D eigenvalue weighted by atomic mass is 35.5. The lowest BCUT2D eigenvalue weighted by molar-refractivity contribution is -0.384. The molecule has 8 heteroatoms. The van der Waals surface area contributed by atoms with Gasteiger partial charge in [0.2, 0.25) is 0 Å². The van der Waals surface area contributed by atoms with Gasteiger partial charge in [-0.3, -0.25) is 10.1 Å². The summed E-state index contributed by atoms with van der Waals surface area (Å²) in [7, 11) is 0. The van der Waals surface area contributed by atoms with E-state index in [1.165, 1.54) is 12.1 Å². The summed E-state index contributed by atoms with van der Waals surface area (Å²) in [5.41, 5.74) is 1.13. The summed E-state index contributed by atoms with van der Waals surface area (Å²) in [6.07, 6.45) is 0.836. The van der Waals surface area contributed by atoms with E-state index in [-0.39, 0.29) is 22.8 Å². The van der Waals surface area contributed by atoms with Crippen LogP contribution >= 0.6 is 11.6 Å². The number of amides is 2. The van der Waals surface area contributed by atoms with Crippen LogP contribution in [0.4, 0.5) is 21.9 Å². The third kappa shape index (κ3) is 4.19. The molecule has 1 heterocycles. The lowest BCUT2D eigenvalue weighted by atomic mass is 10.2. The topological polar surface area (TPSA) is 87.5 Å². The molecule has 130 valence electrons. The van der Waals surface area contributed by atoms with Crippen LogP contribution in [0.15, 0.2) is 48.5 Å². The number of rotatable bonds is 4. The molecule has 1 atom stereocenters. The third-order valence-corrected chi connectivity index (χ3v) is 4.33. The number of carbonyl (C=O) groups is 1. The minimum absolute atomic E-state index is 0.0382. The molecular formula is C17H17ClN4O3. The van der Waals surface area contributed by atoms with Gasteiger partial charge in [-0.25, -0.2) is 4.79 Å². The number of anilines is 2. The van der Waals surface area contributed by atoms with Gasteiger partial charge in [-0.15, -0.1) is 0 Å². The van der Waals surface area contributed by atoms with E-state index >= 15 is 0 Å². The van der Waals surface area contributed by atoms with Crippen LogP contribution in [0.1, 0.15) is 6.42 Å². The normalized spacial score (nSPS) is 16.5. The molecule has 0 bridgehead atoms. The number of likely N-dealkylation sites (tertiary alicyclic amines) is 1. The largest absolute Gasteiger partial charge is 0.380 e. The number of halogens is 1. The molecule has 7 nitrogen and oxygen atoms in total. The number of hydrogen-bond donors (Lipinski definition) is 2. The van der Waals surface area contributed by atoms with Crippen LogP contribution in [-0.4, -0.2) is 35.0 Å². The maximum Gasteiger partial charge on any atom is 0.321 e. The standard InChI is InChI=1S/C17H17ClN4O3/c18-15-7-6-13(10-16(15)22(24)25)20-17(23)21-9-8-14(11-21)19-12-4-2-1-3-5-12/h1-7,10,14,19H,8-9,11H2,(H,20,23). The molecule has 0 spiro atoms. The third-order valence-electron chi connectivity index (χ3n) is 4.01. The summed E-state index contributed by atoms with van der Waals surface area (Å²) < 4.78 is 0. The van der Waals surface area contributed by atoms with Crippen molar-refractivity contribution in [3.05, 3.63) is 63.7 Å². The van der Waals surface area contributed by atoms with Gasteiger partial charge in [0.1, 0.15) is 5.02 Å². The molecule has 1 aliphatic heterocycles. The molecule has 3 rings (SSSR count). The zero-order valence-corrected chi connectivity index (χ0v) is 14.1. The number of nitrogens with zero attached hydrogens (tertiary/aromatic N) is 2. The zero-order valence-electron chi connectivity index (χ0n) is 13.3. The highest BCUT2D eigenvalue weighted by Crippen LogP contribution is 2.27. The Kier molecular flexibility index (Phi) is 5.04. The number of benzene rings is 2. The van der Waals surface area contributed by atoms with Gasteiger partial charge in [0.15, 0.2) is 0 Å². The first-order chi connectivity index (χ1) is 12.0. The molecule has 1 aliphatic rings.